The van der Waals surface area contributed by atoms with Gasteiger partial charge in [-0.15, -0.1) is 11.3 Å². The lowest BCUT2D eigenvalue weighted by molar-refractivity contribution is -0.117. The van der Waals surface area contributed by atoms with Gasteiger partial charge in [0, 0.05) is 16.1 Å². The zero-order chi connectivity index (χ0) is 14.5. The number of carbonyl (C=O) groups excluding carboxylic acids is 1. The molecule has 0 radical (unpaired) electrons. The minimum atomic E-state index is -0.466. The first-order valence-corrected chi connectivity index (χ1v) is 7.65. The predicted octanol–water partition coefficient (Wildman–Crippen LogP) is 3.73. The standard InChI is InChI=1S/C16H20N2OS/c1-11(2)10-13(17)16(19)18-14-7-4-3-6-12(14)15-8-5-9-20-15/h3-9,11,13H,10,17H2,1-2H3,(H,18,19). The van der Waals surface area contributed by atoms with Crippen molar-refractivity contribution in [1.29, 1.82) is 0 Å². The maximum atomic E-state index is 12.1. The van der Waals surface area contributed by atoms with Crippen LogP contribution < -0.4 is 11.1 Å². The second-order valence-corrected chi connectivity index (χ2v) is 6.20. The Morgan fingerprint density at radius 1 is 1.25 bits per heavy atom. The summed E-state index contributed by atoms with van der Waals surface area (Å²) in [7, 11) is 0. The van der Waals surface area contributed by atoms with Gasteiger partial charge in [0.05, 0.1) is 6.04 Å². The van der Waals surface area contributed by atoms with Crippen LogP contribution in [-0.2, 0) is 4.79 Å². The summed E-state index contributed by atoms with van der Waals surface area (Å²) in [5, 5.41) is 4.97. The molecule has 1 amide bonds. The van der Waals surface area contributed by atoms with Crippen LogP contribution in [0.25, 0.3) is 10.4 Å². The first-order valence-electron chi connectivity index (χ1n) is 6.77. The van der Waals surface area contributed by atoms with Crippen molar-refractivity contribution in [1.82, 2.24) is 0 Å². The molecule has 20 heavy (non-hydrogen) atoms. The van der Waals surface area contributed by atoms with Gasteiger partial charge >= 0.3 is 0 Å². The van der Waals surface area contributed by atoms with Gasteiger partial charge in [-0.1, -0.05) is 38.1 Å². The van der Waals surface area contributed by atoms with Crippen LogP contribution in [0, 0.1) is 5.92 Å². The molecule has 1 atom stereocenters. The van der Waals surface area contributed by atoms with E-state index in [1.165, 1.54) is 0 Å². The molecule has 3 N–H and O–H groups in total. The lowest BCUT2D eigenvalue weighted by atomic mass is 10.0. The highest BCUT2D eigenvalue weighted by atomic mass is 32.1. The normalized spacial score (nSPS) is 12.4. The summed E-state index contributed by atoms with van der Waals surface area (Å²) >= 11 is 1.65. The van der Waals surface area contributed by atoms with Crippen molar-refractivity contribution < 1.29 is 4.79 Å². The Labute approximate surface area is 123 Å². The van der Waals surface area contributed by atoms with Crippen molar-refractivity contribution in [2.45, 2.75) is 26.3 Å². The van der Waals surface area contributed by atoms with E-state index in [-0.39, 0.29) is 5.91 Å². The molecule has 0 aliphatic carbocycles. The SMILES string of the molecule is CC(C)CC(N)C(=O)Nc1ccccc1-c1cccs1. The molecule has 1 aromatic heterocycles. The average Bonchev–Trinajstić information content (AvgIpc) is 2.92. The van der Waals surface area contributed by atoms with Gasteiger partial charge in [0.2, 0.25) is 5.91 Å². The van der Waals surface area contributed by atoms with Crippen molar-refractivity contribution >= 4 is 22.9 Å². The van der Waals surface area contributed by atoms with E-state index >= 15 is 0 Å². The van der Waals surface area contributed by atoms with Gasteiger partial charge in [-0.2, -0.15) is 0 Å². The van der Waals surface area contributed by atoms with Gasteiger partial charge in [0.1, 0.15) is 0 Å². The molecule has 2 aromatic rings. The maximum absolute atomic E-state index is 12.1. The highest BCUT2D eigenvalue weighted by Gasteiger charge is 2.16. The Morgan fingerprint density at radius 2 is 2.00 bits per heavy atom. The van der Waals surface area contributed by atoms with E-state index in [0.717, 1.165) is 16.1 Å². The van der Waals surface area contributed by atoms with Crippen molar-refractivity contribution in [3.05, 3.63) is 41.8 Å². The molecular weight excluding hydrogens is 268 g/mol. The van der Waals surface area contributed by atoms with Crippen LogP contribution in [0.3, 0.4) is 0 Å². The van der Waals surface area contributed by atoms with Crippen LogP contribution in [0.1, 0.15) is 20.3 Å². The second-order valence-electron chi connectivity index (χ2n) is 5.25. The molecular formula is C16H20N2OS. The Morgan fingerprint density at radius 3 is 2.65 bits per heavy atom. The summed E-state index contributed by atoms with van der Waals surface area (Å²) < 4.78 is 0. The summed E-state index contributed by atoms with van der Waals surface area (Å²) in [4.78, 5) is 13.3. The highest BCUT2D eigenvalue weighted by molar-refractivity contribution is 7.13. The van der Waals surface area contributed by atoms with Crippen molar-refractivity contribution in [2.24, 2.45) is 11.7 Å². The number of para-hydroxylation sites is 1. The lowest BCUT2D eigenvalue weighted by Crippen LogP contribution is -2.36. The number of rotatable bonds is 5. The van der Waals surface area contributed by atoms with Crippen LogP contribution in [0.2, 0.25) is 0 Å². The first-order chi connectivity index (χ1) is 9.58. The van der Waals surface area contributed by atoms with Gasteiger partial charge in [0.25, 0.3) is 0 Å². The fourth-order valence-electron chi connectivity index (χ4n) is 2.08. The quantitative estimate of drug-likeness (QED) is 0.881. The predicted molar refractivity (Wildman–Crippen MR) is 85.8 cm³/mol. The van der Waals surface area contributed by atoms with Crippen LogP contribution >= 0.6 is 11.3 Å². The topological polar surface area (TPSA) is 55.1 Å². The molecule has 106 valence electrons. The molecule has 3 nitrogen and oxygen atoms in total. The zero-order valence-corrected chi connectivity index (χ0v) is 12.6. The molecule has 1 heterocycles. The Hall–Kier alpha value is -1.65. The number of hydrogen-bond acceptors (Lipinski definition) is 3. The third-order valence-corrected chi connectivity index (χ3v) is 3.94. The number of nitrogens with two attached hydrogens (primary N) is 1. The Kier molecular flexibility index (Phi) is 4.93. The lowest BCUT2D eigenvalue weighted by Gasteiger charge is -2.15. The van der Waals surface area contributed by atoms with E-state index in [1.807, 2.05) is 41.8 Å². The number of thiophene rings is 1. The fraction of sp³-hybridized carbons (Fsp3) is 0.312. The zero-order valence-electron chi connectivity index (χ0n) is 11.8. The summed E-state index contributed by atoms with van der Waals surface area (Å²) in [6.07, 6.45) is 0.688. The molecule has 0 saturated heterocycles. The van der Waals surface area contributed by atoms with Crippen LogP contribution in [0.15, 0.2) is 41.8 Å². The largest absolute Gasteiger partial charge is 0.324 e. The summed E-state index contributed by atoms with van der Waals surface area (Å²) in [6, 6.07) is 11.4. The van der Waals surface area contributed by atoms with Gasteiger partial charge in [-0.05, 0) is 29.9 Å². The van der Waals surface area contributed by atoms with E-state index in [4.69, 9.17) is 5.73 Å². The molecule has 0 saturated carbocycles. The van der Waals surface area contributed by atoms with Gasteiger partial charge in [-0.25, -0.2) is 0 Å². The van der Waals surface area contributed by atoms with E-state index in [2.05, 4.69) is 19.2 Å². The monoisotopic (exact) mass is 288 g/mol. The van der Waals surface area contributed by atoms with Crippen LogP contribution in [-0.4, -0.2) is 11.9 Å². The minimum absolute atomic E-state index is 0.122. The van der Waals surface area contributed by atoms with Crippen molar-refractivity contribution in [3.8, 4) is 10.4 Å². The molecule has 0 aliphatic rings. The van der Waals surface area contributed by atoms with Crippen molar-refractivity contribution in [3.63, 3.8) is 0 Å². The van der Waals surface area contributed by atoms with E-state index in [9.17, 15) is 4.79 Å². The second kappa shape index (κ2) is 6.68. The number of benzene rings is 1. The Balaban J connectivity index is 2.16. The van der Waals surface area contributed by atoms with Gasteiger partial charge in [-0.3, -0.25) is 4.79 Å². The summed E-state index contributed by atoms with van der Waals surface area (Å²) in [5.41, 5.74) is 7.78. The fourth-order valence-corrected chi connectivity index (χ4v) is 2.84. The number of nitrogens with one attached hydrogen (secondary N) is 1. The third-order valence-electron chi connectivity index (χ3n) is 3.03. The van der Waals surface area contributed by atoms with Gasteiger partial charge < -0.3 is 11.1 Å². The third kappa shape index (κ3) is 3.68. The summed E-state index contributed by atoms with van der Waals surface area (Å²) in [6.45, 7) is 4.12. The molecule has 2 rings (SSSR count). The average molecular weight is 288 g/mol. The Bertz CT molecular complexity index is 564. The van der Waals surface area contributed by atoms with E-state index < -0.39 is 6.04 Å². The number of carbonyl (C=O) groups is 1. The number of amides is 1. The molecule has 4 heteroatoms. The molecule has 1 unspecified atom stereocenters. The summed E-state index contributed by atoms with van der Waals surface area (Å²) in [5.74, 6) is 0.283. The van der Waals surface area contributed by atoms with Crippen molar-refractivity contribution in [2.75, 3.05) is 5.32 Å². The smallest absolute Gasteiger partial charge is 0.241 e. The molecule has 0 spiro atoms. The van der Waals surface area contributed by atoms with Crippen LogP contribution in [0.4, 0.5) is 5.69 Å². The number of anilines is 1. The van der Waals surface area contributed by atoms with E-state index in [1.54, 1.807) is 11.3 Å². The molecule has 0 bridgehead atoms. The maximum Gasteiger partial charge on any atom is 0.241 e. The minimum Gasteiger partial charge on any atom is -0.324 e. The van der Waals surface area contributed by atoms with Crippen LogP contribution in [0.5, 0.6) is 0 Å². The molecule has 0 fully saturated rings. The first kappa shape index (κ1) is 14.8. The highest BCUT2D eigenvalue weighted by Crippen LogP contribution is 2.31. The number of hydrogen-bond donors (Lipinski definition) is 2. The van der Waals surface area contributed by atoms with E-state index in [0.29, 0.717) is 12.3 Å². The van der Waals surface area contributed by atoms with Gasteiger partial charge in [0.15, 0.2) is 0 Å². The molecule has 0 aliphatic heterocycles. The molecule has 1 aromatic carbocycles.